The lowest BCUT2D eigenvalue weighted by atomic mass is 10.0. The van der Waals surface area contributed by atoms with Gasteiger partial charge in [0.05, 0.1) is 4.92 Å². The Morgan fingerprint density at radius 2 is 1.70 bits per heavy atom. The number of nitrogens with zero attached hydrogens (tertiary/aromatic N) is 2. The van der Waals surface area contributed by atoms with Crippen LogP contribution in [0, 0.1) is 10.1 Å². The molecule has 4 aromatic rings. The molecule has 1 aromatic heterocycles. The number of rotatable bonds is 6. The normalized spacial score (nSPS) is 10.5. The molecule has 9 nitrogen and oxygen atoms in total. The Morgan fingerprint density at radius 1 is 0.939 bits per heavy atom. The molecule has 0 radical (unpaired) electrons. The lowest BCUT2D eigenvalue weighted by Crippen LogP contribution is -2.17. The first kappa shape index (κ1) is 21.4. The summed E-state index contributed by atoms with van der Waals surface area (Å²) in [4.78, 5) is 38.8. The Bertz CT molecular complexity index is 1370. The molecule has 0 unspecified atom stereocenters. The Balaban J connectivity index is 1.51. The van der Waals surface area contributed by atoms with Crippen molar-refractivity contribution >= 4 is 34.1 Å². The van der Waals surface area contributed by atoms with Gasteiger partial charge in [-0.3, -0.25) is 19.7 Å². The summed E-state index contributed by atoms with van der Waals surface area (Å²) in [5.74, 6) is 0.638. The molecule has 1 heterocycles. The van der Waals surface area contributed by atoms with Crippen LogP contribution in [-0.2, 0) is 0 Å². The van der Waals surface area contributed by atoms with Crippen molar-refractivity contribution in [2.24, 2.45) is 0 Å². The van der Waals surface area contributed by atoms with E-state index in [1.54, 1.807) is 37.4 Å². The molecule has 0 saturated heterocycles. The minimum Gasteiger partial charge on any atom is -0.457 e. The molecule has 0 aliphatic heterocycles. The van der Waals surface area contributed by atoms with Gasteiger partial charge in [0.25, 0.3) is 17.5 Å². The van der Waals surface area contributed by atoms with Crippen molar-refractivity contribution in [2.75, 3.05) is 12.4 Å². The number of benzene rings is 3. The first-order valence-corrected chi connectivity index (χ1v) is 9.89. The number of carbonyl (C=O) groups excluding carboxylic acids is 2. The fraction of sp³-hybridized carbons (Fsp3) is 0.0417. The molecule has 9 heteroatoms. The van der Waals surface area contributed by atoms with E-state index in [0.717, 1.165) is 10.8 Å². The van der Waals surface area contributed by atoms with Gasteiger partial charge in [-0.05, 0) is 53.2 Å². The SMILES string of the molecule is CNC(=O)c1cccc2cc(Oc3ccnc(NC(=O)c4ccc([N+](=O)[O-])cc4)c3)ccc12. The Morgan fingerprint density at radius 3 is 2.42 bits per heavy atom. The van der Waals surface area contributed by atoms with Gasteiger partial charge in [0.15, 0.2) is 0 Å². The average Bonchev–Trinajstić information content (AvgIpc) is 2.83. The molecular formula is C24H18N4O5. The van der Waals surface area contributed by atoms with Crippen LogP contribution in [0.3, 0.4) is 0 Å². The van der Waals surface area contributed by atoms with E-state index in [0.29, 0.717) is 17.1 Å². The molecule has 0 saturated carbocycles. The molecule has 3 aromatic carbocycles. The van der Waals surface area contributed by atoms with E-state index in [-0.39, 0.29) is 23.0 Å². The summed E-state index contributed by atoms with van der Waals surface area (Å²) in [6.45, 7) is 0. The third kappa shape index (κ3) is 4.77. The molecule has 2 amide bonds. The van der Waals surface area contributed by atoms with Crippen LogP contribution in [0.1, 0.15) is 20.7 Å². The van der Waals surface area contributed by atoms with E-state index in [2.05, 4.69) is 15.6 Å². The van der Waals surface area contributed by atoms with Crippen LogP contribution in [0.4, 0.5) is 11.5 Å². The molecule has 0 aliphatic carbocycles. The standard InChI is InChI=1S/C24H18N4O5/c1-25-24(30)21-4-2-3-16-13-18(9-10-20(16)21)33-19-11-12-26-22(14-19)27-23(29)15-5-7-17(8-6-15)28(31)32/h2-14H,1H3,(H,25,30)(H,26,27,29). The number of pyridine rings is 1. The third-order valence-corrected chi connectivity index (χ3v) is 4.87. The van der Waals surface area contributed by atoms with Crippen LogP contribution in [0.15, 0.2) is 79.0 Å². The quantitative estimate of drug-likeness (QED) is 0.334. The van der Waals surface area contributed by atoms with Crippen LogP contribution in [0.25, 0.3) is 10.8 Å². The molecule has 0 spiro atoms. The number of carbonyl (C=O) groups is 2. The Kier molecular flexibility index (Phi) is 5.94. The first-order valence-electron chi connectivity index (χ1n) is 9.89. The number of hydrogen-bond acceptors (Lipinski definition) is 6. The van der Waals surface area contributed by atoms with E-state index >= 15 is 0 Å². The number of nitro benzene ring substituents is 1. The summed E-state index contributed by atoms with van der Waals surface area (Å²) < 4.78 is 5.92. The number of amides is 2. The van der Waals surface area contributed by atoms with Gasteiger partial charge in [-0.15, -0.1) is 0 Å². The second-order valence-electron chi connectivity index (χ2n) is 7.00. The van der Waals surface area contributed by atoms with Crippen molar-refractivity contribution < 1.29 is 19.2 Å². The molecule has 0 atom stereocenters. The molecule has 0 fully saturated rings. The maximum absolute atomic E-state index is 12.4. The van der Waals surface area contributed by atoms with Crippen LogP contribution in [0.5, 0.6) is 11.5 Å². The first-order chi connectivity index (χ1) is 15.9. The maximum Gasteiger partial charge on any atom is 0.269 e. The van der Waals surface area contributed by atoms with Gasteiger partial charge in [0.2, 0.25) is 0 Å². The van der Waals surface area contributed by atoms with Crippen molar-refractivity contribution in [3.63, 3.8) is 0 Å². The summed E-state index contributed by atoms with van der Waals surface area (Å²) in [6.07, 6.45) is 1.49. The number of hydrogen-bond donors (Lipinski definition) is 2. The predicted octanol–water partition coefficient (Wildman–Crippen LogP) is 4.55. The number of fused-ring (bicyclic) bond motifs is 1. The van der Waals surface area contributed by atoms with Crippen LogP contribution >= 0.6 is 0 Å². The van der Waals surface area contributed by atoms with Crippen molar-refractivity contribution in [1.82, 2.24) is 10.3 Å². The smallest absolute Gasteiger partial charge is 0.269 e. The van der Waals surface area contributed by atoms with E-state index < -0.39 is 10.8 Å². The van der Waals surface area contributed by atoms with Gasteiger partial charge in [-0.25, -0.2) is 4.98 Å². The van der Waals surface area contributed by atoms with Crippen LogP contribution < -0.4 is 15.4 Å². The van der Waals surface area contributed by atoms with Gasteiger partial charge in [-0.2, -0.15) is 0 Å². The summed E-state index contributed by atoms with van der Waals surface area (Å²) in [5.41, 5.74) is 0.731. The zero-order valence-electron chi connectivity index (χ0n) is 17.4. The molecule has 4 rings (SSSR count). The van der Waals surface area contributed by atoms with E-state index in [9.17, 15) is 19.7 Å². The Labute approximate surface area is 188 Å². The van der Waals surface area contributed by atoms with Gasteiger partial charge in [-0.1, -0.05) is 12.1 Å². The molecule has 2 N–H and O–H groups in total. The highest BCUT2D eigenvalue weighted by molar-refractivity contribution is 6.07. The van der Waals surface area contributed by atoms with E-state index in [1.165, 1.54) is 30.5 Å². The number of anilines is 1. The number of nitro groups is 1. The summed E-state index contributed by atoms with van der Waals surface area (Å²) in [6, 6.07) is 19.3. The van der Waals surface area contributed by atoms with Crippen molar-refractivity contribution in [3.8, 4) is 11.5 Å². The fourth-order valence-corrected chi connectivity index (χ4v) is 3.26. The number of nitrogens with one attached hydrogen (secondary N) is 2. The molecule has 164 valence electrons. The second-order valence-corrected chi connectivity index (χ2v) is 7.00. The number of ether oxygens (including phenoxy) is 1. The van der Waals surface area contributed by atoms with Crippen LogP contribution in [0.2, 0.25) is 0 Å². The summed E-state index contributed by atoms with van der Waals surface area (Å²) >= 11 is 0. The fourth-order valence-electron chi connectivity index (χ4n) is 3.26. The zero-order valence-corrected chi connectivity index (χ0v) is 17.4. The molecular weight excluding hydrogens is 424 g/mol. The monoisotopic (exact) mass is 442 g/mol. The highest BCUT2D eigenvalue weighted by Crippen LogP contribution is 2.28. The van der Waals surface area contributed by atoms with Gasteiger partial charge >= 0.3 is 0 Å². The number of aromatic nitrogens is 1. The number of non-ortho nitro benzene ring substituents is 1. The lowest BCUT2D eigenvalue weighted by Gasteiger charge is -2.10. The second kappa shape index (κ2) is 9.15. The Hall–Kier alpha value is -4.79. The average molecular weight is 442 g/mol. The third-order valence-electron chi connectivity index (χ3n) is 4.87. The van der Waals surface area contributed by atoms with Crippen molar-refractivity contribution in [1.29, 1.82) is 0 Å². The molecule has 0 aliphatic rings. The van der Waals surface area contributed by atoms with Crippen LogP contribution in [-0.4, -0.2) is 28.8 Å². The predicted molar refractivity (Wildman–Crippen MR) is 123 cm³/mol. The molecule has 0 bridgehead atoms. The summed E-state index contributed by atoms with van der Waals surface area (Å²) in [5, 5.41) is 17.7. The van der Waals surface area contributed by atoms with E-state index in [1.807, 2.05) is 18.2 Å². The topological polar surface area (TPSA) is 123 Å². The van der Waals surface area contributed by atoms with Gasteiger partial charge < -0.3 is 15.4 Å². The van der Waals surface area contributed by atoms with Crippen molar-refractivity contribution in [2.45, 2.75) is 0 Å². The largest absolute Gasteiger partial charge is 0.457 e. The highest BCUT2D eigenvalue weighted by Gasteiger charge is 2.12. The minimum atomic E-state index is -0.532. The maximum atomic E-state index is 12.4. The summed E-state index contributed by atoms with van der Waals surface area (Å²) in [7, 11) is 1.58. The van der Waals surface area contributed by atoms with Crippen molar-refractivity contribution in [3.05, 3.63) is 100 Å². The zero-order chi connectivity index (χ0) is 23.4. The van der Waals surface area contributed by atoms with Gasteiger partial charge in [0.1, 0.15) is 17.3 Å². The van der Waals surface area contributed by atoms with Gasteiger partial charge in [0, 0.05) is 42.6 Å². The lowest BCUT2D eigenvalue weighted by molar-refractivity contribution is -0.384. The minimum absolute atomic E-state index is 0.0992. The highest BCUT2D eigenvalue weighted by atomic mass is 16.6. The van der Waals surface area contributed by atoms with E-state index in [4.69, 9.17) is 4.74 Å². The molecule has 33 heavy (non-hydrogen) atoms.